The largest absolute Gasteiger partial charge is 0.493 e. The van der Waals surface area contributed by atoms with E-state index in [1.165, 1.54) is 7.11 Å². The molecule has 6 heteroatoms. The summed E-state index contributed by atoms with van der Waals surface area (Å²) in [6.45, 7) is 0.477. The SMILES string of the molecule is C#CCNC(=O)COc1c(Cl)cc(CCN)cc1OC. The lowest BCUT2D eigenvalue weighted by Gasteiger charge is -2.13. The highest BCUT2D eigenvalue weighted by Crippen LogP contribution is 2.36. The van der Waals surface area contributed by atoms with Gasteiger partial charge in [-0.1, -0.05) is 17.5 Å². The monoisotopic (exact) mass is 296 g/mol. The minimum absolute atomic E-state index is 0.155. The van der Waals surface area contributed by atoms with Gasteiger partial charge in [0, 0.05) is 0 Å². The maximum absolute atomic E-state index is 11.4. The van der Waals surface area contributed by atoms with Gasteiger partial charge < -0.3 is 20.5 Å². The Kier molecular flexibility index (Phi) is 6.71. The van der Waals surface area contributed by atoms with E-state index in [1.54, 1.807) is 12.1 Å². The van der Waals surface area contributed by atoms with Crippen LogP contribution in [0.1, 0.15) is 5.56 Å². The van der Waals surface area contributed by atoms with Gasteiger partial charge in [0.25, 0.3) is 5.91 Å². The van der Waals surface area contributed by atoms with Crippen LogP contribution in [0.2, 0.25) is 5.02 Å². The molecule has 0 saturated heterocycles. The van der Waals surface area contributed by atoms with E-state index in [4.69, 9.17) is 33.2 Å². The fraction of sp³-hybridized carbons (Fsp3) is 0.357. The molecule has 0 heterocycles. The number of hydrogen-bond donors (Lipinski definition) is 2. The van der Waals surface area contributed by atoms with Gasteiger partial charge in [-0.15, -0.1) is 6.42 Å². The van der Waals surface area contributed by atoms with E-state index in [9.17, 15) is 4.79 Å². The van der Waals surface area contributed by atoms with Crippen LogP contribution >= 0.6 is 11.6 Å². The van der Waals surface area contributed by atoms with Crippen LogP contribution in [-0.2, 0) is 11.2 Å². The van der Waals surface area contributed by atoms with Crippen molar-refractivity contribution in [2.75, 3.05) is 26.8 Å². The molecule has 0 aliphatic rings. The van der Waals surface area contributed by atoms with Gasteiger partial charge in [-0.25, -0.2) is 0 Å². The highest BCUT2D eigenvalue weighted by Gasteiger charge is 2.13. The molecule has 0 aliphatic heterocycles. The van der Waals surface area contributed by atoms with Crippen LogP contribution in [0.25, 0.3) is 0 Å². The zero-order chi connectivity index (χ0) is 15.0. The minimum Gasteiger partial charge on any atom is -0.493 e. The normalized spacial score (nSPS) is 9.70. The van der Waals surface area contributed by atoms with Gasteiger partial charge >= 0.3 is 0 Å². The Morgan fingerprint density at radius 3 is 2.90 bits per heavy atom. The highest BCUT2D eigenvalue weighted by atomic mass is 35.5. The van der Waals surface area contributed by atoms with Gasteiger partial charge in [0.05, 0.1) is 18.7 Å². The molecule has 0 bridgehead atoms. The second-order valence-electron chi connectivity index (χ2n) is 3.92. The number of halogens is 1. The van der Waals surface area contributed by atoms with E-state index in [1.807, 2.05) is 0 Å². The van der Waals surface area contributed by atoms with Crippen molar-refractivity contribution in [1.29, 1.82) is 0 Å². The molecular formula is C14H17ClN2O3. The molecule has 1 aromatic carbocycles. The lowest BCUT2D eigenvalue weighted by atomic mass is 10.1. The molecule has 0 radical (unpaired) electrons. The van der Waals surface area contributed by atoms with Crippen LogP contribution in [0.15, 0.2) is 12.1 Å². The summed E-state index contributed by atoms with van der Waals surface area (Å²) in [6, 6.07) is 3.53. The Morgan fingerprint density at radius 2 is 2.30 bits per heavy atom. The van der Waals surface area contributed by atoms with Crippen molar-refractivity contribution in [3.8, 4) is 23.8 Å². The number of carbonyl (C=O) groups is 1. The van der Waals surface area contributed by atoms with Crippen molar-refractivity contribution < 1.29 is 14.3 Å². The summed E-state index contributed by atoms with van der Waals surface area (Å²) in [6.07, 6.45) is 5.72. The second-order valence-corrected chi connectivity index (χ2v) is 4.32. The smallest absolute Gasteiger partial charge is 0.258 e. The minimum atomic E-state index is -0.327. The van der Waals surface area contributed by atoms with Crippen molar-refractivity contribution >= 4 is 17.5 Å². The lowest BCUT2D eigenvalue weighted by Crippen LogP contribution is -2.29. The molecule has 5 nitrogen and oxygen atoms in total. The van der Waals surface area contributed by atoms with Crippen molar-refractivity contribution in [3.63, 3.8) is 0 Å². The number of ether oxygens (including phenoxy) is 2. The summed E-state index contributed by atoms with van der Waals surface area (Å²) in [4.78, 5) is 11.4. The maximum Gasteiger partial charge on any atom is 0.258 e. The molecule has 108 valence electrons. The number of benzene rings is 1. The van der Waals surface area contributed by atoms with Crippen LogP contribution in [0.3, 0.4) is 0 Å². The summed E-state index contributed by atoms with van der Waals surface area (Å²) >= 11 is 6.13. The van der Waals surface area contributed by atoms with Gasteiger partial charge in [-0.3, -0.25) is 4.79 Å². The van der Waals surface area contributed by atoms with Crippen molar-refractivity contribution in [3.05, 3.63) is 22.7 Å². The Hall–Kier alpha value is -1.90. The van der Waals surface area contributed by atoms with Crippen LogP contribution in [0, 0.1) is 12.3 Å². The zero-order valence-electron chi connectivity index (χ0n) is 11.2. The molecule has 0 aromatic heterocycles. The summed E-state index contributed by atoms with van der Waals surface area (Å²) in [7, 11) is 1.50. The van der Waals surface area contributed by atoms with Crippen LogP contribution in [0.4, 0.5) is 0 Å². The molecule has 20 heavy (non-hydrogen) atoms. The standard InChI is InChI=1S/C14H17ClN2O3/c1-3-6-17-13(18)9-20-14-11(15)7-10(4-5-16)8-12(14)19-2/h1,7-8H,4-6,9,16H2,2H3,(H,17,18). The van der Waals surface area contributed by atoms with E-state index in [0.29, 0.717) is 29.5 Å². The summed E-state index contributed by atoms with van der Waals surface area (Å²) in [5.41, 5.74) is 6.44. The fourth-order valence-electron chi connectivity index (χ4n) is 1.56. The first-order valence-electron chi connectivity index (χ1n) is 6.01. The van der Waals surface area contributed by atoms with Gasteiger partial charge in [-0.2, -0.15) is 0 Å². The number of nitrogens with one attached hydrogen (secondary N) is 1. The molecule has 0 aliphatic carbocycles. The third kappa shape index (κ3) is 4.65. The summed E-state index contributed by atoms with van der Waals surface area (Å²) < 4.78 is 10.6. The van der Waals surface area contributed by atoms with E-state index in [2.05, 4.69) is 11.2 Å². The van der Waals surface area contributed by atoms with Crippen LogP contribution < -0.4 is 20.5 Å². The summed E-state index contributed by atoms with van der Waals surface area (Å²) in [5.74, 6) is 2.76. The van der Waals surface area contributed by atoms with Gasteiger partial charge in [-0.05, 0) is 30.7 Å². The van der Waals surface area contributed by atoms with Gasteiger partial charge in [0.1, 0.15) is 0 Å². The Morgan fingerprint density at radius 1 is 1.55 bits per heavy atom. The number of nitrogens with two attached hydrogens (primary N) is 1. The van der Waals surface area contributed by atoms with E-state index in [-0.39, 0.29) is 19.1 Å². The maximum atomic E-state index is 11.4. The first-order chi connectivity index (χ1) is 9.62. The molecular weight excluding hydrogens is 280 g/mol. The molecule has 1 amide bonds. The van der Waals surface area contributed by atoms with Crippen molar-refractivity contribution in [2.24, 2.45) is 5.73 Å². The number of carbonyl (C=O) groups excluding carboxylic acids is 1. The average Bonchev–Trinajstić information content (AvgIpc) is 2.43. The molecule has 1 aromatic rings. The zero-order valence-corrected chi connectivity index (χ0v) is 12.0. The molecule has 3 N–H and O–H groups in total. The summed E-state index contributed by atoms with van der Waals surface area (Å²) in [5, 5.41) is 2.86. The third-order valence-corrected chi connectivity index (χ3v) is 2.74. The molecule has 0 unspecified atom stereocenters. The van der Waals surface area contributed by atoms with Crippen molar-refractivity contribution in [2.45, 2.75) is 6.42 Å². The molecule has 0 spiro atoms. The highest BCUT2D eigenvalue weighted by molar-refractivity contribution is 6.32. The Balaban J connectivity index is 2.79. The van der Waals surface area contributed by atoms with E-state index < -0.39 is 0 Å². The first kappa shape index (κ1) is 16.2. The predicted molar refractivity (Wildman–Crippen MR) is 78.1 cm³/mol. The lowest BCUT2D eigenvalue weighted by molar-refractivity contribution is -0.122. The number of terminal acetylenes is 1. The number of hydrogen-bond acceptors (Lipinski definition) is 4. The van der Waals surface area contributed by atoms with Crippen molar-refractivity contribution in [1.82, 2.24) is 5.32 Å². The second kappa shape index (κ2) is 8.31. The average molecular weight is 297 g/mol. The Bertz CT molecular complexity index is 512. The molecule has 0 saturated carbocycles. The molecule has 0 atom stereocenters. The van der Waals surface area contributed by atoms with Gasteiger partial charge in [0.15, 0.2) is 18.1 Å². The number of amides is 1. The first-order valence-corrected chi connectivity index (χ1v) is 6.39. The third-order valence-electron chi connectivity index (χ3n) is 2.46. The predicted octanol–water partition coefficient (Wildman–Crippen LogP) is 0.978. The topological polar surface area (TPSA) is 73.6 Å². The molecule has 0 fully saturated rings. The van der Waals surface area contributed by atoms with E-state index >= 15 is 0 Å². The van der Waals surface area contributed by atoms with E-state index in [0.717, 1.165) is 5.56 Å². The Labute approximate surface area is 123 Å². The fourth-order valence-corrected chi connectivity index (χ4v) is 1.85. The van der Waals surface area contributed by atoms with Crippen LogP contribution in [0.5, 0.6) is 11.5 Å². The van der Waals surface area contributed by atoms with Crippen LogP contribution in [-0.4, -0.2) is 32.7 Å². The quantitative estimate of drug-likeness (QED) is 0.736. The van der Waals surface area contributed by atoms with Gasteiger partial charge in [0.2, 0.25) is 0 Å². The molecule has 1 rings (SSSR count). The number of methoxy groups -OCH3 is 1. The number of rotatable bonds is 7.